The summed E-state index contributed by atoms with van der Waals surface area (Å²) in [6, 6.07) is 20.3. The van der Waals surface area contributed by atoms with Crippen LogP contribution in [0.3, 0.4) is 0 Å². The van der Waals surface area contributed by atoms with Crippen LogP contribution in [-0.4, -0.2) is 19.5 Å². The highest BCUT2D eigenvalue weighted by atomic mass is 32.5. The highest BCUT2D eigenvalue weighted by molar-refractivity contribution is 8.10. The van der Waals surface area contributed by atoms with E-state index in [-0.39, 0.29) is 0 Å². The van der Waals surface area contributed by atoms with E-state index in [1.54, 1.807) is 11.8 Å². The van der Waals surface area contributed by atoms with Crippen molar-refractivity contribution in [1.82, 2.24) is 0 Å². The van der Waals surface area contributed by atoms with Crippen LogP contribution in [0.15, 0.2) is 66.1 Å². The molecule has 6 heteroatoms. The van der Waals surface area contributed by atoms with Crippen LogP contribution in [0.5, 0.6) is 0 Å². The highest BCUT2D eigenvalue weighted by Gasteiger charge is 2.32. The van der Waals surface area contributed by atoms with Gasteiger partial charge in [0.1, 0.15) is 0 Å². The van der Waals surface area contributed by atoms with Gasteiger partial charge in [0.05, 0.1) is 18.9 Å². The summed E-state index contributed by atoms with van der Waals surface area (Å²) >= 11 is 7.57. The fraction of sp³-hybridized carbons (Fsp3) is 0.263. The van der Waals surface area contributed by atoms with E-state index >= 15 is 0 Å². The van der Waals surface area contributed by atoms with Crippen molar-refractivity contribution in [1.29, 1.82) is 0 Å². The average molecular weight is 394 g/mol. The number of hydrogen-bond acceptors (Lipinski definition) is 4. The lowest BCUT2D eigenvalue weighted by Gasteiger charge is -2.36. The van der Waals surface area contributed by atoms with Crippen molar-refractivity contribution in [3.63, 3.8) is 0 Å². The minimum absolute atomic E-state index is 0.502. The second-order valence-electron chi connectivity index (χ2n) is 5.06. The molecule has 0 saturated heterocycles. The number of para-hydroxylation sites is 1. The van der Waals surface area contributed by atoms with Crippen molar-refractivity contribution in [2.75, 3.05) is 24.1 Å². The molecule has 0 aliphatic heterocycles. The van der Waals surface area contributed by atoms with Crippen LogP contribution in [0.25, 0.3) is 5.70 Å². The number of nitrogens with zero attached hydrogens (tertiary/aromatic N) is 1. The van der Waals surface area contributed by atoms with E-state index in [9.17, 15) is 0 Å². The molecule has 0 N–H and O–H groups in total. The van der Waals surface area contributed by atoms with Crippen molar-refractivity contribution in [2.24, 2.45) is 0 Å². The molecular weight excluding hydrogens is 369 g/mol. The standard InChI is InChI=1S/C19H24NO2PS2/c1-4-21-23(24,22-5-2)20(18-14-10-7-11-15-18)19(16-25-3)17-12-8-6-9-13-17/h6-16H,4-5H2,1-3H3/b19-16-. The molecule has 2 rings (SSSR count). The minimum Gasteiger partial charge on any atom is -0.314 e. The van der Waals surface area contributed by atoms with Crippen molar-refractivity contribution in [3.8, 4) is 0 Å². The predicted molar refractivity (Wildman–Crippen MR) is 114 cm³/mol. The summed E-state index contributed by atoms with van der Waals surface area (Å²) < 4.78 is 14.1. The Bertz CT molecular complexity index is 713. The van der Waals surface area contributed by atoms with Gasteiger partial charge in [-0.2, -0.15) is 0 Å². The molecule has 0 fully saturated rings. The highest BCUT2D eigenvalue weighted by Crippen LogP contribution is 2.58. The van der Waals surface area contributed by atoms with Crippen molar-refractivity contribution >= 4 is 41.6 Å². The van der Waals surface area contributed by atoms with Gasteiger partial charge < -0.3 is 9.05 Å². The SMILES string of the molecule is CCOP(=S)(OCC)N(/C(=C\SC)c1ccccc1)c1ccccc1. The lowest BCUT2D eigenvalue weighted by atomic mass is 10.1. The summed E-state index contributed by atoms with van der Waals surface area (Å²) in [6.07, 6.45) is 2.04. The topological polar surface area (TPSA) is 21.7 Å². The zero-order valence-electron chi connectivity index (χ0n) is 14.8. The molecule has 0 amide bonds. The summed E-state index contributed by atoms with van der Waals surface area (Å²) in [4.78, 5) is 0. The Labute approximate surface area is 160 Å². The summed E-state index contributed by atoms with van der Waals surface area (Å²) in [6.45, 7) is 2.18. The molecule has 0 spiro atoms. The van der Waals surface area contributed by atoms with E-state index < -0.39 is 6.64 Å². The molecule has 0 aliphatic rings. The quantitative estimate of drug-likeness (QED) is 0.475. The van der Waals surface area contributed by atoms with E-state index in [0.717, 1.165) is 16.9 Å². The first-order valence-electron chi connectivity index (χ1n) is 8.19. The maximum absolute atomic E-state index is 6.01. The summed E-state index contributed by atoms with van der Waals surface area (Å²) in [5, 5.41) is 2.10. The molecule has 0 aliphatic carbocycles. The average Bonchev–Trinajstić information content (AvgIpc) is 2.63. The van der Waals surface area contributed by atoms with E-state index in [0.29, 0.717) is 13.2 Å². The van der Waals surface area contributed by atoms with Crippen LogP contribution < -0.4 is 4.67 Å². The molecule has 0 aromatic heterocycles. The summed E-state index contributed by atoms with van der Waals surface area (Å²) in [5.74, 6) is 0. The Kier molecular flexibility index (Phi) is 8.20. The van der Waals surface area contributed by atoms with Crippen LogP contribution in [0, 0.1) is 0 Å². The molecule has 3 nitrogen and oxygen atoms in total. The van der Waals surface area contributed by atoms with Crippen LogP contribution in [-0.2, 0) is 20.9 Å². The number of benzene rings is 2. The van der Waals surface area contributed by atoms with Crippen LogP contribution in [0.1, 0.15) is 19.4 Å². The fourth-order valence-electron chi connectivity index (χ4n) is 2.42. The molecule has 2 aromatic rings. The molecule has 0 bridgehead atoms. The van der Waals surface area contributed by atoms with E-state index in [1.165, 1.54) is 0 Å². The van der Waals surface area contributed by atoms with Gasteiger partial charge in [-0.3, -0.25) is 4.67 Å². The van der Waals surface area contributed by atoms with Crippen molar-refractivity contribution in [2.45, 2.75) is 13.8 Å². The Morgan fingerprint density at radius 3 is 2.00 bits per heavy atom. The van der Waals surface area contributed by atoms with Gasteiger partial charge in [-0.15, -0.1) is 11.8 Å². The van der Waals surface area contributed by atoms with E-state index in [2.05, 4.69) is 22.2 Å². The molecule has 0 radical (unpaired) electrons. The second-order valence-corrected chi connectivity index (χ2v) is 9.00. The van der Waals surface area contributed by atoms with Gasteiger partial charge in [0.15, 0.2) is 0 Å². The largest absolute Gasteiger partial charge is 0.314 e. The van der Waals surface area contributed by atoms with Gasteiger partial charge in [-0.05, 0) is 55.0 Å². The molecule has 25 heavy (non-hydrogen) atoms. The first kappa shape index (κ1) is 20.2. The Morgan fingerprint density at radius 2 is 1.52 bits per heavy atom. The Hall–Kier alpha value is -1.10. The van der Waals surface area contributed by atoms with Gasteiger partial charge in [0.2, 0.25) is 0 Å². The van der Waals surface area contributed by atoms with Gasteiger partial charge in [-0.1, -0.05) is 48.5 Å². The van der Waals surface area contributed by atoms with Gasteiger partial charge in [0.25, 0.3) is 6.64 Å². The minimum atomic E-state index is -2.72. The van der Waals surface area contributed by atoms with Crippen molar-refractivity contribution in [3.05, 3.63) is 71.6 Å². The lowest BCUT2D eigenvalue weighted by molar-refractivity contribution is 0.267. The third-order valence-corrected chi connectivity index (χ3v) is 7.04. The second kappa shape index (κ2) is 10.1. The molecule has 0 unspecified atom stereocenters. The molecule has 0 atom stereocenters. The first-order valence-corrected chi connectivity index (χ1v) is 12.1. The molecule has 134 valence electrons. The summed E-state index contributed by atoms with van der Waals surface area (Å²) in [5.41, 5.74) is 3.04. The van der Waals surface area contributed by atoms with Gasteiger partial charge in [-0.25, -0.2) is 0 Å². The van der Waals surface area contributed by atoms with E-state index in [1.807, 2.05) is 68.6 Å². The van der Waals surface area contributed by atoms with Crippen molar-refractivity contribution < 1.29 is 9.05 Å². The normalized spacial score (nSPS) is 12.2. The Morgan fingerprint density at radius 1 is 1.00 bits per heavy atom. The molecule has 2 aromatic carbocycles. The maximum Gasteiger partial charge on any atom is 0.294 e. The third kappa shape index (κ3) is 5.19. The maximum atomic E-state index is 6.01. The first-order chi connectivity index (χ1) is 12.2. The van der Waals surface area contributed by atoms with Crippen LogP contribution in [0.4, 0.5) is 5.69 Å². The third-order valence-electron chi connectivity index (χ3n) is 3.36. The van der Waals surface area contributed by atoms with Gasteiger partial charge in [0, 0.05) is 5.69 Å². The predicted octanol–water partition coefficient (Wildman–Crippen LogP) is 6.15. The smallest absolute Gasteiger partial charge is 0.294 e. The fourth-order valence-corrected chi connectivity index (χ4v) is 5.95. The summed E-state index contributed by atoms with van der Waals surface area (Å²) in [7, 11) is 0. The zero-order chi connectivity index (χ0) is 18.1. The van der Waals surface area contributed by atoms with Gasteiger partial charge >= 0.3 is 0 Å². The van der Waals surface area contributed by atoms with Crippen LogP contribution >= 0.6 is 18.4 Å². The lowest BCUT2D eigenvalue weighted by Crippen LogP contribution is -2.21. The zero-order valence-corrected chi connectivity index (χ0v) is 17.3. The Balaban J connectivity index is 2.64. The number of anilines is 1. The molecule has 0 heterocycles. The van der Waals surface area contributed by atoms with Crippen LogP contribution in [0.2, 0.25) is 0 Å². The monoisotopic (exact) mass is 393 g/mol. The van der Waals surface area contributed by atoms with E-state index in [4.69, 9.17) is 20.9 Å². The molecule has 0 saturated carbocycles. The molecular formula is C19H24NO2PS2. The number of rotatable bonds is 9. The number of hydrogen-bond donors (Lipinski definition) is 0. The number of thioether (sulfide) groups is 1.